The summed E-state index contributed by atoms with van der Waals surface area (Å²) >= 11 is 0. The van der Waals surface area contributed by atoms with Gasteiger partial charge in [-0.15, -0.1) is 0 Å². The Kier molecular flexibility index (Phi) is 2.95. The van der Waals surface area contributed by atoms with Crippen LogP contribution in [0.15, 0.2) is 6.20 Å². The van der Waals surface area contributed by atoms with E-state index in [2.05, 4.69) is 9.97 Å². The predicted molar refractivity (Wildman–Crippen MR) is 51.1 cm³/mol. The van der Waals surface area contributed by atoms with Crippen LogP contribution in [0.3, 0.4) is 0 Å². The van der Waals surface area contributed by atoms with Crippen LogP contribution in [-0.2, 0) is 6.42 Å². The Morgan fingerprint density at radius 3 is 2.69 bits per heavy atom. The number of rotatable bonds is 3. The van der Waals surface area contributed by atoms with Crippen LogP contribution in [0, 0.1) is 0 Å². The van der Waals surface area contributed by atoms with E-state index in [0.29, 0.717) is 11.5 Å². The molecule has 0 radical (unpaired) electrons. The summed E-state index contributed by atoms with van der Waals surface area (Å²) in [7, 11) is 3.74. The van der Waals surface area contributed by atoms with Crippen molar-refractivity contribution in [3.63, 3.8) is 0 Å². The van der Waals surface area contributed by atoms with Crippen LogP contribution in [0.5, 0.6) is 0 Å². The Morgan fingerprint density at radius 2 is 2.23 bits per heavy atom. The van der Waals surface area contributed by atoms with Crippen molar-refractivity contribution in [1.82, 2.24) is 9.97 Å². The van der Waals surface area contributed by atoms with Crippen LogP contribution in [0.25, 0.3) is 0 Å². The van der Waals surface area contributed by atoms with Crippen molar-refractivity contribution in [1.29, 1.82) is 0 Å². The molecule has 1 rings (SSSR count). The van der Waals surface area contributed by atoms with E-state index in [1.165, 1.54) is 0 Å². The number of nitrogens with zero attached hydrogens (tertiary/aromatic N) is 3. The van der Waals surface area contributed by atoms with Crippen molar-refractivity contribution in [2.45, 2.75) is 13.3 Å². The Bertz CT molecular complexity index is 310. The van der Waals surface area contributed by atoms with Crippen LogP contribution < -0.4 is 4.90 Å². The van der Waals surface area contributed by atoms with Crippen molar-refractivity contribution in [3.05, 3.63) is 17.5 Å². The van der Waals surface area contributed by atoms with Crippen LogP contribution in [0.1, 0.15) is 23.0 Å². The van der Waals surface area contributed by atoms with E-state index in [9.17, 15) is 4.79 Å². The zero-order valence-electron chi connectivity index (χ0n) is 8.11. The van der Waals surface area contributed by atoms with Gasteiger partial charge in [-0.05, 0) is 6.42 Å². The number of carbonyl (C=O) groups is 1. The second-order valence-corrected chi connectivity index (χ2v) is 2.94. The van der Waals surface area contributed by atoms with Crippen LogP contribution in [-0.4, -0.2) is 30.3 Å². The Hall–Kier alpha value is -1.45. The topological polar surface area (TPSA) is 46.1 Å². The molecule has 4 heteroatoms. The molecule has 4 nitrogen and oxygen atoms in total. The number of aldehydes is 1. The fraction of sp³-hybridized carbons (Fsp3) is 0.444. The highest BCUT2D eigenvalue weighted by Gasteiger charge is 2.05. The molecule has 13 heavy (non-hydrogen) atoms. The predicted octanol–water partition coefficient (Wildman–Crippen LogP) is 0.917. The molecule has 0 unspecified atom stereocenters. The summed E-state index contributed by atoms with van der Waals surface area (Å²) in [4.78, 5) is 20.7. The smallest absolute Gasteiger partial charge is 0.225 e. The zero-order chi connectivity index (χ0) is 9.84. The highest BCUT2D eigenvalue weighted by Crippen LogP contribution is 2.08. The van der Waals surface area contributed by atoms with E-state index in [-0.39, 0.29) is 0 Å². The van der Waals surface area contributed by atoms with Gasteiger partial charge in [-0.3, -0.25) is 4.79 Å². The molecule has 0 bridgehead atoms. The van der Waals surface area contributed by atoms with Crippen molar-refractivity contribution in [2.75, 3.05) is 19.0 Å². The van der Waals surface area contributed by atoms with Crippen LogP contribution in [0.4, 0.5) is 5.95 Å². The lowest BCUT2D eigenvalue weighted by molar-refractivity contribution is 0.112. The molecule has 0 atom stereocenters. The van der Waals surface area contributed by atoms with Crippen molar-refractivity contribution < 1.29 is 4.79 Å². The number of aryl methyl sites for hydroxylation is 1. The molecule has 0 spiro atoms. The van der Waals surface area contributed by atoms with E-state index in [1.807, 2.05) is 25.9 Å². The van der Waals surface area contributed by atoms with Crippen LogP contribution >= 0.6 is 0 Å². The SMILES string of the molecule is CCc1nc(N(C)C)ncc1C=O. The Morgan fingerprint density at radius 1 is 1.54 bits per heavy atom. The largest absolute Gasteiger partial charge is 0.347 e. The van der Waals surface area contributed by atoms with Gasteiger partial charge in [0.2, 0.25) is 5.95 Å². The molecule has 0 aliphatic carbocycles. The summed E-state index contributed by atoms with van der Waals surface area (Å²) in [6.45, 7) is 1.97. The van der Waals surface area contributed by atoms with E-state index in [4.69, 9.17) is 0 Å². The number of carbonyl (C=O) groups excluding carboxylic acids is 1. The maximum atomic E-state index is 10.6. The standard InChI is InChI=1S/C9H13N3O/c1-4-8-7(6-13)5-10-9(11-8)12(2)3/h5-6H,4H2,1-3H3. The Balaban J connectivity index is 3.12. The van der Waals surface area contributed by atoms with Crippen molar-refractivity contribution >= 4 is 12.2 Å². The number of aromatic nitrogens is 2. The van der Waals surface area contributed by atoms with Gasteiger partial charge in [0.1, 0.15) is 0 Å². The third-order valence-corrected chi connectivity index (χ3v) is 1.75. The lowest BCUT2D eigenvalue weighted by atomic mass is 10.2. The zero-order valence-corrected chi connectivity index (χ0v) is 8.11. The summed E-state index contributed by atoms with van der Waals surface area (Å²) in [5, 5.41) is 0. The van der Waals surface area contributed by atoms with E-state index < -0.39 is 0 Å². The van der Waals surface area contributed by atoms with Gasteiger partial charge in [-0.25, -0.2) is 9.97 Å². The van der Waals surface area contributed by atoms with Gasteiger partial charge in [-0.1, -0.05) is 6.92 Å². The average molecular weight is 179 g/mol. The van der Waals surface area contributed by atoms with Crippen LogP contribution in [0.2, 0.25) is 0 Å². The van der Waals surface area contributed by atoms with E-state index in [1.54, 1.807) is 6.20 Å². The van der Waals surface area contributed by atoms with Gasteiger partial charge in [-0.2, -0.15) is 0 Å². The first-order valence-electron chi connectivity index (χ1n) is 4.17. The Labute approximate surface area is 77.6 Å². The minimum absolute atomic E-state index is 0.577. The summed E-state index contributed by atoms with van der Waals surface area (Å²) in [6.07, 6.45) is 3.10. The average Bonchev–Trinajstić information content (AvgIpc) is 2.16. The summed E-state index contributed by atoms with van der Waals surface area (Å²) < 4.78 is 0. The van der Waals surface area contributed by atoms with Crippen molar-refractivity contribution in [2.24, 2.45) is 0 Å². The molecule has 0 saturated heterocycles. The second kappa shape index (κ2) is 3.98. The molecule has 0 aliphatic heterocycles. The first kappa shape index (κ1) is 9.64. The third kappa shape index (κ3) is 2.02. The van der Waals surface area contributed by atoms with E-state index >= 15 is 0 Å². The number of hydrogen-bond donors (Lipinski definition) is 0. The minimum atomic E-state index is 0.577. The molecule has 0 aromatic carbocycles. The molecule has 0 fully saturated rings. The first-order valence-corrected chi connectivity index (χ1v) is 4.17. The van der Waals surface area contributed by atoms with Crippen molar-refractivity contribution in [3.8, 4) is 0 Å². The molecule has 0 amide bonds. The fourth-order valence-corrected chi connectivity index (χ4v) is 1.01. The number of anilines is 1. The molecule has 1 aromatic rings. The quantitative estimate of drug-likeness (QED) is 0.647. The summed E-state index contributed by atoms with van der Waals surface area (Å²) in [6, 6.07) is 0. The molecule has 70 valence electrons. The normalized spacial score (nSPS) is 9.77. The second-order valence-electron chi connectivity index (χ2n) is 2.94. The molecule has 0 aliphatic rings. The molecule has 0 N–H and O–H groups in total. The molecule has 1 heterocycles. The molecule has 0 saturated carbocycles. The van der Waals surface area contributed by atoms with Gasteiger partial charge in [0.05, 0.1) is 11.3 Å². The summed E-state index contributed by atoms with van der Waals surface area (Å²) in [5.41, 5.74) is 1.38. The highest BCUT2D eigenvalue weighted by atomic mass is 16.1. The maximum Gasteiger partial charge on any atom is 0.225 e. The maximum absolute atomic E-state index is 10.6. The van der Waals surface area contributed by atoms with Gasteiger partial charge in [0, 0.05) is 20.3 Å². The van der Waals surface area contributed by atoms with Gasteiger partial charge in [0.15, 0.2) is 6.29 Å². The van der Waals surface area contributed by atoms with E-state index in [0.717, 1.165) is 18.4 Å². The highest BCUT2D eigenvalue weighted by molar-refractivity contribution is 5.76. The lowest BCUT2D eigenvalue weighted by Gasteiger charge is -2.11. The fourth-order valence-electron chi connectivity index (χ4n) is 1.01. The monoisotopic (exact) mass is 179 g/mol. The van der Waals surface area contributed by atoms with Gasteiger partial charge < -0.3 is 4.90 Å². The third-order valence-electron chi connectivity index (χ3n) is 1.75. The summed E-state index contributed by atoms with van der Waals surface area (Å²) in [5.74, 6) is 0.641. The van der Waals surface area contributed by atoms with Gasteiger partial charge >= 0.3 is 0 Å². The van der Waals surface area contributed by atoms with Gasteiger partial charge in [0.25, 0.3) is 0 Å². The molecular weight excluding hydrogens is 166 g/mol. The number of hydrogen-bond acceptors (Lipinski definition) is 4. The molecular formula is C9H13N3O. The lowest BCUT2D eigenvalue weighted by Crippen LogP contribution is -2.14. The first-order chi connectivity index (χ1) is 6.19. The minimum Gasteiger partial charge on any atom is -0.347 e. The molecule has 1 aromatic heterocycles.